The molecule has 3 nitrogen and oxygen atoms in total. The van der Waals surface area contributed by atoms with Gasteiger partial charge in [0.1, 0.15) is 0 Å². The fraction of sp³-hybridized carbons (Fsp3) is 0.500. The summed E-state index contributed by atoms with van der Waals surface area (Å²) in [7, 11) is 0. The van der Waals surface area contributed by atoms with E-state index >= 15 is 0 Å². The number of nitrogens with one attached hydrogen (secondary N) is 1. The molecular weight excluding hydrogens is 284 g/mol. The fourth-order valence-electron chi connectivity index (χ4n) is 2.32. The highest BCUT2D eigenvalue weighted by atomic mass is 32.2. The standard InChI is InChI=1S/C14H17F2NO2S/c15-14(16)20-10-7-5-9(6-8-10)13(19)17-11-3-1-2-4-12(11)18/h5-8,11-12,14,18H,1-4H2,(H,17,19). The molecule has 0 radical (unpaired) electrons. The first-order valence-electron chi connectivity index (χ1n) is 6.60. The van der Waals surface area contributed by atoms with E-state index in [9.17, 15) is 18.7 Å². The van der Waals surface area contributed by atoms with Crippen LogP contribution in [0.15, 0.2) is 29.2 Å². The third-order valence-corrected chi connectivity index (χ3v) is 4.11. The summed E-state index contributed by atoms with van der Waals surface area (Å²) in [6.07, 6.45) is 2.95. The van der Waals surface area contributed by atoms with Crippen molar-refractivity contribution in [2.45, 2.75) is 48.5 Å². The van der Waals surface area contributed by atoms with Crippen LogP contribution in [0.4, 0.5) is 8.78 Å². The number of hydrogen-bond acceptors (Lipinski definition) is 3. The number of hydrogen-bond donors (Lipinski definition) is 2. The van der Waals surface area contributed by atoms with Gasteiger partial charge in [-0.3, -0.25) is 4.79 Å². The number of carbonyl (C=O) groups is 1. The van der Waals surface area contributed by atoms with Crippen molar-refractivity contribution < 1.29 is 18.7 Å². The van der Waals surface area contributed by atoms with Crippen LogP contribution in [0.25, 0.3) is 0 Å². The zero-order valence-corrected chi connectivity index (χ0v) is 11.7. The maximum Gasteiger partial charge on any atom is 0.288 e. The smallest absolute Gasteiger partial charge is 0.288 e. The van der Waals surface area contributed by atoms with Gasteiger partial charge in [0.25, 0.3) is 11.7 Å². The summed E-state index contributed by atoms with van der Waals surface area (Å²) in [5.74, 6) is -2.74. The second kappa shape index (κ2) is 7.04. The molecule has 1 aromatic rings. The van der Waals surface area contributed by atoms with Crippen LogP contribution in [0.5, 0.6) is 0 Å². The highest BCUT2D eigenvalue weighted by Crippen LogP contribution is 2.25. The minimum absolute atomic E-state index is 0.216. The van der Waals surface area contributed by atoms with Gasteiger partial charge < -0.3 is 10.4 Å². The molecule has 1 aliphatic carbocycles. The van der Waals surface area contributed by atoms with Gasteiger partial charge in [0, 0.05) is 10.5 Å². The number of thioether (sulfide) groups is 1. The highest BCUT2D eigenvalue weighted by Gasteiger charge is 2.24. The van der Waals surface area contributed by atoms with Crippen LogP contribution in [-0.2, 0) is 0 Å². The third-order valence-electron chi connectivity index (χ3n) is 3.39. The molecule has 0 saturated heterocycles. The van der Waals surface area contributed by atoms with Crippen molar-refractivity contribution in [1.29, 1.82) is 0 Å². The van der Waals surface area contributed by atoms with Gasteiger partial charge >= 0.3 is 0 Å². The molecule has 110 valence electrons. The van der Waals surface area contributed by atoms with Crippen molar-refractivity contribution in [3.8, 4) is 0 Å². The lowest BCUT2D eigenvalue weighted by atomic mass is 9.92. The summed E-state index contributed by atoms with van der Waals surface area (Å²) in [4.78, 5) is 12.4. The van der Waals surface area contributed by atoms with Crippen LogP contribution in [0.3, 0.4) is 0 Å². The Balaban J connectivity index is 1.95. The second-order valence-electron chi connectivity index (χ2n) is 4.83. The first-order chi connectivity index (χ1) is 9.56. The van der Waals surface area contributed by atoms with Gasteiger partial charge in [-0.15, -0.1) is 0 Å². The molecule has 0 aromatic heterocycles. The number of alkyl halides is 2. The molecule has 1 aromatic carbocycles. The number of halogens is 2. The normalized spacial score (nSPS) is 22.8. The largest absolute Gasteiger partial charge is 0.391 e. The lowest BCUT2D eigenvalue weighted by Crippen LogP contribution is -2.45. The minimum Gasteiger partial charge on any atom is -0.391 e. The first-order valence-corrected chi connectivity index (χ1v) is 7.48. The van der Waals surface area contributed by atoms with Crippen molar-refractivity contribution in [3.63, 3.8) is 0 Å². The van der Waals surface area contributed by atoms with E-state index in [-0.39, 0.29) is 11.9 Å². The van der Waals surface area contributed by atoms with E-state index < -0.39 is 11.9 Å². The number of carbonyl (C=O) groups excluding carboxylic acids is 1. The van der Waals surface area contributed by atoms with Gasteiger partial charge in [-0.25, -0.2) is 0 Å². The molecule has 1 fully saturated rings. The molecule has 6 heteroatoms. The van der Waals surface area contributed by atoms with E-state index in [2.05, 4.69) is 5.32 Å². The maximum atomic E-state index is 12.2. The Labute approximate surface area is 120 Å². The van der Waals surface area contributed by atoms with Crippen molar-refractivity contribution in [2.75, 3.05) is 0 Å². The van der Waals surface area contributed by atoms with E-state index in [1.54, 1.807) is 0 Å². The highest BCUT2D eigenvalue weighted by molar-refractivity contribution is 7.99. The first kappa shape index (κ1) is 15.3. The summed E-state index contributed by atoms with van der Waals surface area (Å²) in [5.41, 5.74) is 0.418. The molecule has 1 amide bonds. The lowest BCUT2D eigenvalue weighted by Gasteiger charge is -2.28. The summed E-state index contributed by atoms with van der Waals surface area (Å²) < 4.78 is 24.4. The Morgan fingerprint density at radius 3 is 2.50 bits per heavy atom. The van der Waals surface area contributed by atoms with Crippen molar-refractivity contribution in [3.05, 3.63) is 29.8 Å². The van der Waals surface area contributed by atoms with Gasteiger partial charge in [-0.2, -0.15) is 8.78 Å². The average molecular weight is 301 g/mol. The topological polar surface area (TPSA) is 49.3 Å². The molecule has 2 N–H and O–H groups in total. The number of aliphatic hydroxyl groups excluding tert-OH is 1. The van der Waals surface area contributed by atoms with Gasteiger partial charge in [0.2, 0.25) is 0 Å². The summed E-state index contributed by atoms with van der Waals surface area (Å²) in [5, 5.41) is 12.6. The number of benzene rings is 1. The van der Waals surface area contributed by atoms with Crippen molar-refractivity contribution >= 4 is 17.7 Å². The number of amides is 1. The number of aliphatic hydroxyl groups is 1. The van der Waals surface area contributed by atoms with E-state index in [0.717, 1.165) is 19.3 Å². The van der Waals surface area contributed by atoms with Crippen LogP contribution in [-0.4, -0.2) is 28.9 Å². The zero-order valence-electron chi connectivity index (χ0n) is 10.9. The van der Waals surface area contributed by atoms with Crippen LogP contribution in [0.2, 0.25) is 0 Å². The average Bonchev–Trinajstić information content (AvgIpc) is 2.41. The Kier molecular flexibility index (Phi) is 5.37. The molecule has 0 bridgehead atoms. The molecule has 0 aliphatic heterocycles. The molecule has 1 saturated carbocycles. The summed E-state index contributed by atoms with van der Waals surface area (Å²) in [6.45, 7) is 0. The lowest BCUT2D eigenvalue weighted by molar-refractivity contribution is 0.0717. The Morgan fingerprint density at radius 1 is 1.25 bits per heavy atom. The van der Waals surface area contributed by atoms with Crippen LogP contribution in [0, 0.1) is 0 Å². The van der Waals surface area contributed by atoms with Crippen molar-refractivity contribution in [2.24, 2.45) is 0 Å². The molecule has 0 heterocycles. The van der Waals surface area contributed by atoms with E-state index in [1.807, 2.05) is 0 Å². The van der Waals surface area contributed by atoms with E-state index in [0.29, 0.717) is 28.6 Å². The Hall–Kier alpha value is -1.14. The molecule has 0 spiro atoms. The summed E-state index contributed by atoms with van der Waals surface area (Å²) in [6, 6.07) is 5.84. The van der Waals surface area contributed by atoms with Gasteiger partial charge in [-0.1, -0.05) is 24.6 Å². The SMILES string of the molecule is O=C(NC1CCCCC1O)c1ccc(SC(F)F)cc1. The van der Waals surface area contributed by atoms with Gasteiger partial charge in [0.15, 0.2) is 0 Å². The van der Waals surface area contributed by atoms with Crippen LogP contribution in [0.1, 0.15) is 36.0 Å². The minimum atomic E-state index is -2.47. The molecule has 1 aliphatic rings. The van der Waals surface area contributed by atoms with E-state index in [1.165, 1.54) is 24.3 Å². The molecule has 2 rings (SSSR count). The quantitative estimate of drug-likeness (QED) is 0.840. The third kappa shape index (κ3) is 4.18. The fourth-order valence-corrected chi connectivity index (χ4v) is 2.82. The predicted octanol–water partition coefficient (Wildman–Crippen LogP) is 3.03. The zero-order chi connectivity index (χ0) is 14.5. The maximum absolute atomic E-state index is 12.2. The van der Waals surface area contributed by atoms with Gasteiger partial charge in [-0.05, 0) is 37.1 Å². The Bertz CT molecular complexity index is 453. The van der Waals surface area contributed by atoms with Crippen LogP contribution < -0.4 is 5.32 Å². The van der Waals surface area contributed by atoms with Gasteiger partial charge in [0.05, 0.1) is 12.1 Å². The molecular formula is C14H17F2NO2S. The molecule has 2 unspecified atom stereocenters. The monoisotopic (exact) mass is 301 g/mol. The Morgan fingerprint density at radius 2 is 1.90 bits per heavy atom. The molecule has 20 heavy (non-hydrogen) atoms. The van der Waals surface area contributed by atoms with Crippen LogP contribution >= 0.6 is 11.8 Å². The number of rotatable bonds is 4. The summed E-state index contributed by atoms with van der Waals surface area (Å²) >= 11 is 0.450. The second-order valence-corrected chi connectivity index (χ2v) is 5.90. The molecule has 2 atom stereocenters. The predicted molar refractivity (Wildman–Crippen MR) is 74.0 cm³/mol. The van der Waals surface area contributed by atoms with E-state index in [4.69, 9.17) is 0 Å². The van der Waals surface area contributed by atoms with Crippen molar-refractivity contribution in [1.82, 2.24) is 5.32 Å².